The third kappa shape index (κ3) is 2.51. The van der Waals surface area contributed by atoms with E-state index in [-0.39, 0.29) is 28.9 Å². The van der Waals surface area contributed by atoms with Crippen molar-refractivity contribution in [2.45, 2.75) is 84.8 Å². The van der Waals surface area contributed by atoms with Crippen LogP contribution in [0.1, 0.15) is 72.6 Å². The van der Waals surface area contributed by atoms with Crippen LogP contribution < -0.4 is 0 Å². The van der Waals surface area contributed by atoms with Crippen LogP contribution in [0.3, 0.4) is 0 Å². The first kappa shape index (κ1) is 18.2. The highest BCUT2D eigenvalue weighted by Gasteiger charge is 2.60. The van der Waals surface area contributed by atoms with Crippen molar-refractivity contribution in [3.05, 3.63) is 16.6 Å². The fraction of sp³-hybridized carbons (Fsp3) is 0.864. The molecule has 3 unspecified atom stereocenters. The predicted octanol–water partition coefficient (Wildman–Crippen LogP) is 5.26. The number of nitrogens with zero attached hydrogens (tertiary/aromatic N) is 1. The van der Waals surface area contributed by atoms with E-state index in [0.717, 1.165) is 25.7 Å². The minimum Gasteiger partial charge on any atom is -0.462 e. The monoisotopic (exact) mass is 359 g/mol. The fourth-order valence-electron chi connectivity index (χ4n) is 7.57. The number of ether oxygens (including phenoxy) is 1. The lowest BCUT2D eigenvalue weighted by molar-refractivity contribution is -0.157. The van der Waals surface area contributed by atoms with Gasteiger partial charge in [-0.3, -0.25) is 4.79 Å². The average molecular weight is 360 g/mol. The first-order valence-corrected chi connectivity index (χ1v) is 10.5. The SMILES string of the molecule is CC(=O)OC1CC[C@H]2[C@@H]3CC(C)C4=CC(N=O)CC[C@]4(C)[C@H]3CC[C@]12C. The van der Waals surface area contributed by atoms with Crippen LogP contribution in [0.25, 0.3) is 0 Å². The topological polar surface area (TPSA) is 55.7 Å². The lowest BCUT2D eigenvalue weighted by Gasteiger charge is -2.59. The van der Waals surface area contributed by atoms with Gasteiger partial charge in [0.2, 0.25) is 0 Å². The van der Waals surface area contributed by atoms with Crippen molar-refractivity contribution < 1.29 is 9.53 Å². The second-order valence-corrected chi connectivity index (χ2v) is 9.98. The second kappa shape index (κ2) is 6.17. The highest BCUT2D eigenvalue weighted by atomic mass is 16.5. The zero-order chi connectivity index (χ0) is 18.7. The van der Waals surface area contributed by atoms with Gasteiger partial charge in [0.25, 0.3) is 0 Å². The van der Waals surface area contributed by atoms with E-state index >= 15 is 0 Å². The van der Waals surface area contributed by atoms with Crippen molar-refractivity contribution in [3.8, 4) is 0 Å². The van der Waals surface area contributed by atoms with Gasteiger partial charge in [-0.25, -0.2) is 0 Å². The first-order valence-electron chi connectivity index (χ1n) is 10.5. The lowest BCUT2D eigenvalue weighted by Crippen LogP contribution is -2.53. The van der Waals surface area contributed by atoms with Gasteiger partial charge in [0.1, 0.15) is 12.1 Å². The number of fused-ring (bicyclic) bond motifs is 5. The summed E-state index contributed by atoms with van der Waals surface area (Å²) >= 11 is 0. The summed E-state index contributed by atoms with van der Waals surface area (Å²) in [5.41, 5.74) is 1.88. The summed E-state index contributed by atoms with van der Waals surface area (Å²) in [6, 6.07) is -0.120. The molecule has 4 aliphatic rings. The number of esters is 1. The summed E-state index contributed by atoms with van der Waals surface area (Å²) in [5, 5.41) is 3.33. The Balaban J connectivity index is 1.65. The Morgan fingerprint density at radius 3 is 2.62 bits per heavy atom. The van der Waals surface area contributed by atoms with Gasteiger partial charge in [-0.2, -0.15) is 4.91 Å². The van der Waals surface area contributed by atoms with Crippen LogP contribution >= 0.6 is 0 Å². The quantitative estimate of drug-likeness (QED) is 0.384. The third-order valence-corrected chi connectivity index (χ3v) is 8.76. The predicted molar refractivity (Wildman–Crippen MR) is 101 cm³/mol. The molecule has 0 aromatic rings. The van der Waals surface area contributed by atoms with Crippen LogP contribution in [0.15, 0.2) is 16.8 Å². The molecule has 0 spiro atoms. The maximum atomic E-state index is 11.6. The Kier molecular flexibility index (Phi) is 4.32. The minimum atomic E-state index is -0.132. The van der Waals surface area contributed by atoms with Crippen molar-refractivity contribution in [2.75, 3.05) is 0 Å². The summed E-state index contributed by atoms with van der Waals surface area (Å²) in [7, 11) is 0. The van der Waals surface area contributed by atoms with E-state index in [1.54, 1.807) is 6.92 Å². The van der Waals surface area contributed by atoms with E-state index in [1.807, 2.05) is 0 Å². The molecule has 3 fully saturated rings. The molecule has 8 atom stereocenters. The van der Waals surface area contributed by atoms with Crippen LogP contribution in [0, 0.1) is 39.4 Å². The van der Waals surface area contributed by atoms with E-state index in [0.29, 0.717) is 23.7 Å². The molecule has 0 bridgehead atoms. The van der Waals surface area contributed by atoms with Crippen molar-refractivity contribution in [3.63, 3.8) is 0 Å². The zero-order valence-corrected chi connectivity index (χ0v) is 16.7. The summed E-state index contributed by atoms with van der Waals surface area (Å²) in [6.07, 6.45) is 10.1. The maximum Gasteiger partial charge on any atom is 0.302 e. The summed E-state index contributed by atoms with van der Waals surface area (Å²) in [4.78, 5) is 22.7. The number of carbonyl (C=O) groups is 1. The molecule has 26 heavy (non-hydrogen) atoms. The fourth-order valence-corrected chi connectivity index (χ4v) is 7.57. The second-order valence-electron chi connectivity index (χ2n) is 9.98. The number of carbonyl (C=O) groups excluding carboxylic acids is 1. The largest absolute Gasteiger partial charge is 0.462 e. The lowest BCUT2D eigenvalue weighted by atomic mass is 9.45. The van der Waals surface area contributed by atoms with E-state index in [2.05, 4.69) is 32.0 Å². The Hall–Kier alpha value is -1.19. The van der Waals surface area contributed by atoms with Gasteiger partial charge in [0.15, 0.2) is 0 Å². The molecule has 0 aromatic carbocycles. The minimum absolute atomic E-state index is 0.0981. The van der Waals surface area contributed by atoms with Crippen LogP contribution in [0.4, 0.5) is 0 Å². The molecule has 4 nitrogen and oxygen atoms in total. The molecular formula is C22H33NO3. The standard InChI is InChI=1S/C22H33NO3/c1-13-11-16-17-5-6-20(26-14(2)24)22(17,4)10-8-18(16)21(3)9-7-15(23-25)12-19(13)21/h12-13,15-18,20H,5-11H2,1-4H3/t13?,15?,16-,17-,18-,20?,21+,22-/m0/s1. The number of nitroso groups, excluding NO2 is 1. The number of hydrogen-bond acceptors (Lipinski definition) is 4. The summed E-state index contributed by atoms with van der Waals surface area (Å²) in [5.74, 6) is 2.47. The van der Waals surface area contributed by atoms with Crippen LogP contribution in [-0.2, 0) is 9.53 Å². The number of rotatable bonds is 2. The van der Waals surface area contributed by atoms with E-state index in [1.165, 1.54) is 24.8 Å². The van der Waals surface area contributed by atoms with Crippen LogP contribution in [-0.4, -0.2) is 18.1 Å². The Morgan fingerprint density at radius 1 is 1.15 bits per heavy atom. The van der Waals surface area contributed by atoms with Gasteiger partial charge in [0, 0.05) is 12.3 Å². The average Bonchev–Trinajstić information content (AvgIpc) is 2.91. The molecule has 4 aliphatic carbocycles. The van der Waals surface area contributed by atoms with E-state index in [9.17, 15) is 9.70 Å². The van der Waals surface area contributed by atoms with Crippen LogP contribution in [0.2, 0.25) is 0 Å². The van der Waals surface area contributed by atoms with Crippen molar-refractivity contribution in [1.29, 1.82) is 0 Å². The summed E-state index contributed by atoms with van der Waals surface area (Å²) in [6.45, 7) is 8.72. The van der Waals surface area contributed by atoms with E-state index in [4.69, 9.17) is 4.74 Å². The molecule has 4 rings (SSSR count). The molecule has 0 heterocycles. The van der Waals surface area contributed by atoms with Gasteiger partial charge in [-0.1, -0.05) is 37.6 Å². The molecule has 0 amide bonds. The molecule has 0 saturated heterocycles. The van der Waals surface area contributed by atoms with Gasteiger partial charge in [0.05, 0.1) is 0 Å². The highest BCUT2D eigenvalue weighted by molar-refractivity contribution is 5.66. The molecule has 0 N–H and O–H groups in total. The summed E-state index contributed by atoms with van der Waals surface area (Å²) < 4.78 is 5.75. The van der Waals surface area contributed by atoms with E-state index < -0.39 is 0 Å². The van der Waals surface area contributed by atoms with Crippen molar-refractivity contribution in [1.82, 2.24) is 0 Å². The Labute approximate surface area is 157 Å². The maximum absolute atomic E-state index is 11.6. The first-order chi connectivity index (χ1) is 12.3. The Bertz CT molecular complexity index is 643. The molecule has 3 saturated carbocycles. The molecule has 0 aliphatic heterocycles. The zero-order valence-electron chi connectivity index (χ0n) is 16.7. The van der Waals surface area contributed by atoms with Crippen molar-refractivity contribution >= 4 is 5.97 Å². The smallest absolute Gasteiger partial charge is 0.302 e. The highest BCUT2D eigenvalue weighted by Crippen LogP contribution is 2.66. The molecule has 0 radical (unpaired) electrons. The van der Waals surface area contributed by atoms with Gasteiger partial charge < -0.3 is 4.74 Å². The van der Waals surface area contributed by atoms with Gasteiger partial charge in [-0.15, -0.1) is 0 Å². The van der Waals surface area contributed by atoms with Crippen molar-refractivity contribution in [2.24, 2.45) is 39.7 Å². The molecular weight excluding hydrogens is 326 g/mol. The molecule has 0 aromatic heterocycles. The van der Waals surface area contributed by atoms with Gasteiger partial charge in [-0.05, 0) is 74.0 Å². The normalized spacial score (nSPS) is 50.1. The molecule has 144 valence electrons. The number of hydrogen-bond donors (Lipinski definition) is 0. The third-order valence-electron chi connectivity index (χ3n) is 8.76. The Morgan fingerprint density at radius 2 is 1.92 bits per heavy atom. The molecule has 4 heteroatoms. The number of allylic oxidation sites excluding steroid dienone is 1. The van der Waals surface area contributed by atoms with Crippen LogP contribution in [0.5, 0.6) is 0 Å². The van der Waals surface area contributed by atoms with Gasteiger partial charge >= 0.3 is 5.97 Å².